The average Bonchev–Trinajstić information content (AvgIpc) is 2.32. The van der Waals surface area contributed by atoms with Gasteiger partial charge in [-0.3, -0.25) is 0 Å². The Hall–Kier alpha value is -1.26. The molecule has 0 spiro atoms. The van der Waals surface area contributed by atoms with Gasteiger partial charge in [0.25, 0.3) is 0 Å². The largest absolute Gasteiger partial charge is 0.397 e. The van der Waals surface area contributed by atoms with Crippen LogP contribution in [0.25, 0.3) is 0 Å². The molecule has 0 bridgehead atoms. The Balaban J connectivity index is 2.54. The van der Waals surface area contributed by atoms with Gasteiger partial charge in [0.1, 0.15) is 5.82 Å². The zero-order valence-corrected chi connectivity index (χ0v) is 12.0. The van der Waals surface area contributed by atoms with Crippen LogP contribution >= 0.6 is 27.5 Å². The highest BCUT2D eigenvalue weighted by atomic mass is 79.9. The summed E-state index contributed by atoms with van der Waals surface area (Å²) in [5, 5.41) is 0.483. The maximum absolute atomic E-state index is 13.8. The molecule has 0 unspecified atom stereocenters. The summed E-state index contributed by atoms with van der Waals surface area (Å²) in [7, 11) is 1.72. The number of hydrogen-bond acceptors (Lipinski definition) is 2. The lowest BCUT2D eigenvalue weighted by Gasteiger charge is -2.23. The predicted molar refractivity (Wildman–Crippen MR) is 78.0 cm³/mol. The summed E-state index contributed by atoms with van der Waals surface area (Å²) >= 11 is 9.43. The molecule has 2 rings (SSSR count). The Labute approximate surface area is 118 Å². The summed E-state index contributed by atoms with van der Waals surface area (Å²) in [6, 6.07) is 9.92. The number of benzene rings is 2. The highest BCUT2D eigenvalue weighted by Crippen LogP contribution is 2.37. The first-order valence-electron chi connectivity index (χ1n) is 5.23. The molecule has 0 atom stereocenters. The number of nitrogens with two attached hydrogens (primary N) is 1. The Morgan fingerprint density at radius 2 is 2.00 bits per heavy atom. The summed E-state index contributed by atoms with van der Waals surface area (Å²) in [6.45, 7) is 0. The Morgan fingerprint density at radius 1 is 1.28 bits per heavy atom. The summed E-state index contributed by atoms with van der Waals surface area (Å²) in [5.41, 5.74) is 7.39. The van der Waals surface area contributed by atoms with Crippen LogP contribution in [-0.4, -0.2) is 7.05 Å². The van der Waals surface area contributed by atoms with Crippen molar-refractivity contribution < 1.29 is 4.39 Å². The molecule has 2 nitrogen and oxygen atoms in total. The molecule has 18 heavy (non-hydrogen) atoms. The average molecular weight is 330 g/mol. The smallest absolute Gasteiger partial charge is 0.146 e. The molecule has 0 amide bonds. The fraction of sp³-hybridized carbons (Fsp3) is 0.0769. The molecular weight excluding hydrogens is 319 g/mol. The van der Waals surface area contributed by atoms with Gasteiger partial charge in [0.05, 0.1) is 22.1 Å². The van der Waals surface area contributed by atoms with Crippen LogP contribution in [0.15, 0.2) is 40.9 Å². The quantitative estimate of drug-likeness (QED) is 0.816. The fourth-order valence-corrected chi connectivity index (χ4v) is 2.41. The van der Waals surface area contributed by atoms with E-state index in [2.05, 4.69) is 15.9 Å². The van der Waals surface area contributed by atoms with Crippen LogP contribution in [-0.2, 0) is 0 Å². The van der Waals surface area contributed by atoms with Gasteiger partial charge in [0.2, 0.25) is 0 Å². The van der Waals surface area contributed by atoms with Crippen LogP contribution in [0.2, 0.25) is 5.02 Å². The van der Waals surface area contributed by atoms with Crippen molar-refractivity contribution in [3.8, 4) is 0 Å². The standard InChI is InChI=1S/C13H11BrClFN2/c1-18(12-7-8(14)5-6-10(12)16)13-9(15)3-2-4-11(13)17/h2-7H,17H2,1H3. The Morgan fingerprint density at radius 3 is 2.67 bits per heavy atom. The monoisotopic (exact) mass is 328 g/mol. The van der Waals surface area contributed by atoms with Gasteiger partial charge >= 0.3 is 0 Å². The number of halogens is 3. The summed E-state index contributed by atoms with van der Waals surface area (Å²) in [5.74, 6) is -0.333. The third-order valence-electron chi connectivity index (χ3n) is 2.62. The minimum absolute atomic E-state index is 0.333. The van der Waals surface area contributed by atoms with Gasteiger partial charge in [-0.1, -0.05) is 33.6 Å². The maximum Gasteiger partial charge on any atom is 0.146 e. The molecule has 0 fully saturated rings. The zero-order valence-electron chi connectivity index (χ0n) is 9.62. The lowest BCUT2D eigenvalue weighted by molar-refractivity contribution is 0.627. The molecule has 2 aromatic rings. The van der Waals surface area contributed by atoms with Crippen molar-refractivity contribution in [3.05, 3.63) is 51.7 Å². The van der Waals surface area contributed by atoms with Gasteiger partial charge in [-0.25, -0.2) is 4.39 Å². The molecule has 0 radical (unpaired) electrons. The highest BCUT2D eigenvalue weighted by Gasteiger charge is 2.15. The lowest BCUT2D eigenvalue weighted by atomic mass is 10.2. The fourth-order valence-electron chi connectivity index (χ4n) is 1.75. The number of para-hydroxylation sites is 1. The van der Waals surface area contributed by atoms with Crippen molar-refractivity contribution >= 4 is 44.6 Å². The molecule has 0 aliphatic rings. The molecule has 0 saturated carbocycles. The normalized spacial score (nSPS) is 10.4. The third kappa shape index (κ3) is 2.44. The second-order valence-electron chi connectivity index (χ2n) is 3.83. The second kappa shape index (κ2) is 5.16. The van der Waals surface area contributed by atoms with Gasteiger partial charge in [-0.05, 0) is 30.3 Å². The number of hydrogen-bond donors (Lipinski definition) is 1. The number of anilines is 3. The van der Waals surface area contributed by atoms with E-state index in [-0.39, 0.29) is 5.82 Å². The highest BCUT2D eigenvalue weighted by molar-refractivity contribution is 9.10. The molecule has 5 heteroatoms. The van der Waals surface area contributed by atoms with Crippen molar-refractivity contribution in [2.45, 2.75) is 0 Å². The van der Waals surface area contributed by atoms with E-state index in [1.807, 2.05) is 0 Å². The van der Waals surface area contributed by atoms with E-state index in [1.54, 1.807) is 42.3 Å². The molecular formula is C13H11BrClFN2. The van der Waals surface area contributed by atoms with Crippen molar-refractivity contribution in [2.24, 2.45) is 0 Å². The first-order valence-corrected chi connectivity index (χ1v) is 6.40. The topological polar surface area (TPSA) is 29.3 Å². The van der Waals surface area contributed by atoms with Gasteiger partial charge in [0, 0.05) is 11.5 Å². The first-order chi connectivity index (χ1) is 8.50. The Kier molecular flexibility index (Phi) is 3.78. The van der Waals surface area contributed by atoms with Crippen molar-refractivity contribution in [3.63, 3.8) is 0 Å². The molecule has 2 aromatic carbocycles. The van der Waals surface area contributed by atoms with Crippen LogP contribution in [0.4, 0.5) is 21.5 Å². The third-order valence-corrected chi connectivity index (χ3v) is 3.42. The molecule has 0 aliphatic heterocycles. The van der Waals surface area contributed by atoms with Crippen LogP contribution in [0, 0.1) is 5.82 Å². The van der Waals surface area contributed by atoms with Crippen molar-refractivity contribution in [1.82, 2.24) is 0 Å². The zero-order chi connectivity index (χ0) is 13.3. The minimum atomic E-state index is -0.333. The van der Waals surface area contributed by atoms with E-state index in [0.717, 1.165) is 4.47 Å². The summed E-state index contributed by atoms with van der Waals surface area (Å²) in [4.78, 5) is 1.64. The number of rotatable bonds is 2. The van der Waals surface area contributed by atoms with Crippen molar-refractivity contribution in [1.29, 1.82) is 0 Å². The Bertz CT molecular complexity index is 569. The van der Waals surface area contributed by atoms with Crippen LogP contribution < -0.4 is 10.6 Å². The first kappa shape index (κ1) is 13.2. The van der Waals surface area contributed by atoms with Gasteiger partial charge in [0.15, 0.2) is 0 Å². The number of nitrogens with zero attached hydrogens (tertiary/aromatic N) is 1. The van der Waals surface area contributed by atoms with Gasteiger partial charge in [-0.15, -0.1) is 0 Å². The van der Waals surface area contributed by atoms with Crippen LogP contribution in [0.5, 0.6) is 0 Å². The minimum Gasteiger partial charge on any atom is -0.397 e. The molecule has 0 heterocycles. The van der Waals surface area contributed by atoms with E-state index in [4.69, 9.17) is 17.3 Å². The van der Waals surface area contributed by atoms with E-state index in [0.29, 0.717) is 22.1 Å². The molecule has 2 N–H and O–H groups in total. The molecule has 0 aromatic heterocycles. The number of nitrogen functional groups attached to an aromatic ring is 1. The summed E-state index contributed by atoms with van der Waals surface area (Å²) < 4.78 is 14.6. The predicted octanol–water partition coefficient (Wildman–Crippen LogP) is 4.59. The van der Waals surface area contributed by atoms with E-state index in [1.165, 1.54) is 6.07 Å². The maximum atomic E-state index is 13.8. The van der Waals surface area contributed by atoms with E-state index < -0.39 is 0 Å². The lowest BCUT2D eigenvalue weighted by Crippen LogP contribution is -2.13. The van der Waals surface area contributed by atoms with E-state index >= 15 is 0 Å². The SMILES string of the molecule is CN(c1cc(Br)ccc1F)c1c(N)cccc1Cl. The summed E-state index contributed by atoms with van der Waals surface area (Å²) in [6.07, 6.45) is 0. The van der Waals surface area contributed by atoms with Crippen molar-refractivity contribution in [2.75, 3.05) is 17.7 Å². The van der Waals surface area contributed by atoms with Crippen LogP contribution in [0.1, 0.15) is 0 Å². The van der Waals surface area contributed by atoms with Gasteiger partial charge in [-0.2, -0.15) is 0 Å². The van der Waals surface area contributed by atoms with Crippen LogP contribution in [0.3, 0.4) is 0 Å². The molecule has 94 valence electrons. The second-order valence-corrected chi connectivity index (χ2v) is 5.16. The van der Waals surface area contributed by atoms with Gasteiger partial charge < -0.3 is 10.6 Å². The molecule has 0 aliphatic carbocycles. The van der Waals surface area contributed by atoms with E-state index in [9.17, 15) is 4.39 Å². The molecule has 0 saturated heterocycles.